The first-order valence-corrected chi connectivity index (χ1v) is 7.28. The highest BCUT2D eigenvalue weighted by atomic mass is 16.5. The van der Waals surface area contributed by atoms with Crippen molar-refractivity contribution in [2.24, 2.45) is 0 Å². The number of hydrogen-bond donors (Lipinski definition) is 0. The Morgan fingerprint density at radius 2 is 1.55 bits per heavy atom. The summed E-state index contributed by atoms with van der Waals surface area (Å²) in [7, 11) is 0. The number of rotatable bonds is 3. The van der Waals surface area contributed by atoms with E-state index >= 15 is 0 Å². The van der Waals surface area contributed by atoms with E-state index in [1.54, 1.807) is 0 Å². The van der Waals surface area contributed by atoms with Crippen LogP contribution < -0.4 is 0 Å². The van der Waals surface area contributed by atoms with E-state index in [-0.39, 0.29) is 0 Å². The van der Waals surface area contributed by atoms with Crippen LogP contribution in [0.2, 0.25) is 0 Å². The molecule has 1 aliphatic rings. The third-order valence-corrected chi connectivity index (χ3v) is 4.01. The number of hydrogen-bond acceptors (Lipinski definition) is 2. The molecule has 0 N–H and O–H groups in total. The highest BCUT2D eigenvalue weighted by Gasteiger charge is 2.24. The lowest BCUT2D eigenvalue weighted by Gasteiger charge is -2.35. The average Bonchev–Trinajstić information content (AvgIpc) is 2.52. The summed E-state index contributed by atoms with van der Waals surface area (Å²) in [6.45, 7) is 5.85. The predicted molar refractivity (Wildman–Crippen MR) is 81.9 cm³/mol. The summed E-state index contributed by atoms with van der Waals surface area (Å²) >= 11 is 0. The molecule has 2 aromatic carbocycles. The highest BCUT2D eigenvalue weighted by molar-refractivity contribution is 5.36. The second kappa shape index (κ2) is 6.21. The maximum absolute atomic E-state index is 5.51. The van der Waals surface area contributed by atoms with E-state index in [1.165, 1.54) is 16.7 Å². The summed E-state index contributed by atoms with van der Waals surface area (Å²) < 4.78 is 5.51. The molecule has 0 radical (unpaired) electrons. The van der Waals surface area contributed by atoms with Crippen LogP contribution in [0.1, 0.15) is 22.7 Å². The van der Waals surface area contributed by atoms with E-state index in [0.717, 1.165) is 26.3 Å². The Balaban J connectivity index is 2.01. The van der Waals surface area contributed by atoms with Crippen LogP contribution >= 0.6 is 0 Å². The lowest BCUT2D eigenvalue weighted by atomic mass is 9.93. The van der Waals surface area contributed by atoms with Crippen LogP contribution in [-0.4, -0.2) is 31.2 Å². The predicted octanol–water partition coefficient (Wildman–Crippen LogP) is 3.42. The number of ether oxygens (including phenoxy) is 1. The fourth-order valence-corrected chi connectivity index (χ4v) is 2.95. The van der Waals surface area contributed by atoms with Gasteiger partial charge in [0.25, 0.3) is 0 Å². The van der Waals surface area contributed by atoms with E-state index in [0.29, 0.717) is 6.04 Å². The van der Waals surface area contributed by atoms with Crippen LogP contribution in [0, 0.1) is 6.92 Å². The Morgan fingerprint density at radius 3 is 2.25 bits per heavy atom. The van der Waals surface area contributed by atoms with E-state index in [4.69, 9.17) is 4.74 Å². The first-order valence-electron chi connectivity index (χ1n) is 7.28. The van der Waals surface area contributed by atoms with Gasteiger partial charge >= 0.3 is 0 Å². The summed E-state index contributed by atoms with van der Waals surface area (Å²) in [4.78, 5) is 2.53. The smallest absolute Gasteiger partial charge is 0.0605 e. The van der Waals surface area contributed by atoms with Crippen molar-refractivity contribution in [3.8, 4) is 0 Å². The largest absolute Gasteiger partial charge is 0.379 e. The number of nitrogens with zero attached hydrogens (tertiary/aromatic N) is 1. The number of aryl methyl sites for hydroxylation is 1. The van der Waals surface area contributed by atoms with Gasteiger partial charge in [-0.1, -0.05) is 54.6 Å². The van der Waals surface area contributed by atoms with Gasteiger partial charge in [-0.3, -0.25) is 4.90 Å². The lowest BCUT2D eigenvalue weighted by molar-refractivity contribution is 0.0238. The first-order chi connectivity index (χ1) is 9.86. The van der Waals surface area contributed by atoms with Crippen molar-refractivity contribution in [3.63, 3.8) is 0 Å². The van der Waals surface area contributed by atoms with Gasteiger partial charge in [0, 0.05) is 13.1 Å². The molecule has 0 aromatic heterocycles. The van der Waals surface area contributed by atoms with Gasteiger partial charge in [0.15, 0.2) is 0 Å². The molecule has 1 unspecified atom stereocenters. The lowest BCUT2D eigenvalue weighted by Crippen LogP contribution is -2.39. The fraction of sp³-hybridized carbons (Fsp3) is 0.333. The van der Waals surface area contributed by atoms with E-state index < -0.39 is 0 Å². The van der Waals surface area contributed by atoms with Gasteiger partial charge in [0.2, 0.25) is 0 Å². The second-order valence-corrected chi connectivity index (χ2v) is 5.32. The van der Waals surface area contributed by atoms with E-state index in [1.807, 2.05) is 0 Å². The minimum absolute atomic E-state index is 0.335. The summed E-state index contributed by atoms with van der Waals surface area (Å²) in [5, 5.41) is 0. The summed E-state index contributed by atoms with van der Waals surface area (Å²) in [6, 6.07) is 19.8. The Morgan fingerprint density at radius 1 is 0.900 bits per heavy atom. The van der Waals surface area contributed by atoms with Crippen molar-refractivity contribution in [1.29, 1.82) is 0 Å². The van der Waals surface area contributed by atoms with Crippen molar-refractivity contribution in [2.45, 2.75) is 13.0 Å². The molecule has 2 nitrogen and oxygen atoms in total. The van der Waals surface area contributed by atoms with Gasteiger partial charge in [0.1, 0.15) is 0 Å². The summed E-state index contributed by atoms with van der Waals surface area (Å²) in [6.07, 6.45) is 0. The molecule has 20 heavy (non-hydrogen) atoms. The third kappa shape index (κ3) is 2.77. The second-order valence-electron chi connectivity index (χ2n) is 5.32. The summed E-state index contributed by atoms with van der Waals surface area (Å²) in [5.41, 5.74) is 4.12. The monoisotopic (exact) mass is 267 g/mol. The van der Waals surface area contributed by atoms with Crippen molar-refractivity contribution < 1.29 is 4.74 Å². The molecule has 1 heterocycles. The van der Waals surface area contributed by atoms with Crippen LogP contribution in [0.5, 0.6) is 0 Å². The van der Waals surface area contributed by atoms with Crippen LogP contribution in [0.25, 0.3) is 0 Å². The van der Waals surface area contributed by atoms with E-state index in [9.17, 15) is 0 Å². The molecule has 1 aliphatic heterocycles. The van der Waals surface area contributed by atoms with Crippen LogP contribution in [-0.2, 0) is 4.74 Å². The Hall–Kier alpha value is -1.64. The van der Waals surface area contributed by atoms with Crippen LogP contribution in [0.4, 0.5) is 0 Å². The van der Waals surface area contributed by atoms with Gasteiger partial charge in [-0.15, -0.1) is 0 Å². The molecule has 0 spiro atoms. The molecule has 1 saturated heterocycles. The molecule has 3 rings (SSSR count). The molecule has 0 saturated carbocycles. The summed E-state index contributed by atoms with van der Waals surface area (Å²) in [5.74, 6) is 0. The molecule has 2 heteroatoms. The molecular weight excluding hydrogens is 246 g/mol. The van der Waals surface area contributed by atoms with Crippen molar-refractivity contribution in [3.05, 3.63) is 71.3 Å². The van der Waals surface area contributed by atoms with E-state index in [2.05, 4.69) is 66.4 Å². The Kier molecular flexibility index (Phi) is 4.14. The fourth-order valence-electron chi connectivity index (χ4n) is 2.95. The quantitative estimate of drug-likeness (QED) is 0.845. The highest BCUT2D eigenvalue weighted by Crippen LogP contribution is 2.31. The topological polar surface area (TPSA) is 12.5 Å². The Bertz CT molecular complexity index is 546. The minimum atomic E-state index is 0.335. The maximum atomic E-state index is 5.51. The molecule has 1 atom stereocenters. The average molecular weight is 267 g/mol. The molecule has 104 valence electrons. The third-order valence-electron chi connectivity index (χ3n) is 4.01. The zero-order chi connectivity index (χ0) is 13.8. The van der Waals surface area contributed by atoms with Gasteiger partial charge in [-0.05, 0) is 23.6 Å². The molecule has 0 bridgehead atoms. The van der Waals surface area contributed by atoms with Gasteiger partial charge in [0.05, 0.1) is 19.3 Å². The normalized spacial score (nSPS) is 17.9. The standard InChI is InChI=1S/C18H21NO/c1-15-7-5-6-10-17(15)18(16-8-3-2-4-9-16)19-11-13-20-14-12-19/h2-10,18H,11-14H2,1H3. The van der Waals surface area contributed by atoms with Crippen LogP contribution in [0.15, 0.2) is 54.6 Å². The van der Waals surface area contributed by atoms with Gasteiger partial charge in [-0.25, -0.2) is 0 Å². The van der Waals surface area contributed by atoms with Crippen molar-refractivity contribution >= 4 is 0 Å². The molecule has 1 fully saturated rings. The zero-order valence-electron chi connectivity index (χ0n) is 12.0. The number of benzene rings is 2. The Labute approximate surface area is 121 Å². The molecular formula is C18H21NO. The molecule has 0 aliphatic carbocycles. The van der Waals surface area contributed by atoms with Crippen molar-refractivity contribution in [1.82, 2.24) is 4.90 Å². The van der Waals surface area contributed by atoms with Crippen LogP contribution in [0.3, 0.4) is 0 Å². The first kappa shape index (κ1) is 13.3. The number of morpholine rings is 1. The molecule has 2 aromatic rings. The SMILES string of the molecule is Cc1ccccc1C(c1ccccc1)N1CCOCC1. The van der Waals surface area contributed by atoms with Gasteiger partial charge < -0.3 is 4.74 Å². The minimum Gasteiger partial charge on any atom is -0.379 e. The van der Waals surface area contributed by atoms with Crippen molar-refractivity contribution in [2.75, 3.05) is 26.3 Å². The molecule has 0 amide bonds. The zero-order valence-corrected chi connectivity index (χ0v) is 12.0. The van der Waals surface area contributed by atoms with Gasteiger partial charge in [-0.2, -0.15) is 0 Å². The maximum Gasteiger partial charge on any atom is 0.0605 e.